The second-order valence-electron chi connectivity index (χ2n) is 6.08. The number of halogens is 1. The van der Waals surface area contributed by atoms with E-state index in [1.165, 1.54) is 11.0 Å². The lowest BCUT2D eigenvalue weighted by molar-refractivity contribution is -0.130. The number of carbonyl (C=O) groups excluding carboxylic acids is 1. The van der Waals surface area contributed by atoms with Crippen LogP contribution in [0.4, 0.5) is 4.39 Å². The zero-order valence-corrected chi connectivity index (χ0v) is 15.2. The molecule has 0 atom stereocenters. The van der Waals surface area contributed by atoms with Crippen molar-refractivity contribution in [2.75, 3.05) is 14.2 Å². The van der Waals surface area contributed by atoms with E-state index >= 15 is 0 Å². The largest absolute Gasteiger partial charge is 0.497 e. The third kappa shape index (κ3) is 4.69. The molecule has 0 aliphatic rings. The maximum absolute atomic E-state index is 13.6. The van der Waals surface area contributed by atoms with E-state index in [4.69, 9.17) is 9.26 Å². The van der Waals surface area contributed by atoms with Crippen LogP contribution in [0, 0.1) is 5.82 Å². The molecule has 0 unspecified atom stereocenters. The number of ether oxygens (including phenoxy) is 1. The third-order valence-electron chi connectivity index (χ3n) is 4.16. The Hall–Kier alpha value is -3.22. The Bertz CT molecular complexity index is 926. The molecule has 140 valence electrons. The van der Waals surface area contributed by atoms with Gasteiger partial charge in [0.1, 0.15) is 11.6 Å². The minimum atomic E-state index is -0.298. The fourth-order valence-electron chi connectivity index (χ4n) is 2.62. The molecule has 1 amide bonds. The molecular formula is C20H20FN3O3. The third-order valence-corrected chi connectivity index (χ3v) is 4.16. The fourth-order valence-corrected chi connectivity index (χ4v) is 2.62. The van der Waals surface area contributed by atoms with Crippen molar-refractivity contribution < 1.29 is 18.4 Å². The highest BCUT2D eigenvalue weighted by Gasteiger charge is 2.15. The summed E-state index contributed by atoms with van der Waals surface area (Å²) in [5, 5.41) is 3.95. The fraction of sp³-hybridized carbons (Fsp3) is 0.250. The van der Waals surface area contributed by atoms with E-state index in [-0.39, 0.29) is 24.7 Å². The lowest BCUT2D eigenvalue weighted by atomic mass is 10.1. The van der Waals surface area contributed by atoms with Gasteiger partial charge in [0.25, 0.3) is 0 Å². The average Bonchev–Trinajstić information content (AvgIpc) is 3.15. The summed E-state index contributed by atoms with van der Waals surface area (Å²) < 4.78 is 24.1. The van der Waals surface area contributed by atoms with E-state index in [1.807, 2.05) is 18.2 Å². The Balaban J connectivity index is 1.59. The number of nitrogens with zero attached hydrogens (tertiary/aromatic N) is 3. The normalized spacial score (nSPS) is 10.6. The van der Waals surface area contributed by atoms with E-state index < -0.39 is 0 Å². The van der Waals surface area contributed by atoms with Crippen LogP contribution in [0.2, 0.25) is 0 Å². The average molecular weight is 369 g/mol. The molecular weight excluding hydrogens is 349 g/mol. The Labute approximate surface area is 156 Å². The molecule has 7 heteroatoms. The van der Waals surface area contributed by atoms with E-state index in [0.29, 0.717) is 29.4 Å². The molecule has 2 aromatic carbocycles. The number of hydrogen-bond donors (Lipinski definition) is 0. The molecule has 1 aromatic heterocycles. The van der Waals surface area contributed by atoms with Gasteiger partial charge in [-0.25, -0.2) is 4.39 Å². The maximum Gasteiger partial charge on any atom is 0.246 e. The van der Waals surface area contributed by atoms with Crippen LogP contribution in [0.3, 0.4) is 0 Å². The topological polar surface area (TPSA) is 68.5 Å². The maximum atomic E-state index is 13.6. The van der Waals surface area contributed by atoms with Crippen LogP contribution in [-0.4, -0.2) is 35.1 Å². The van der Waals surface area contributed by atoms with Gasteiger partial charge in [-0.15, -0.1) is 0 Å². The van der Waals surface area contributed by atoms with Crippen molar-refractivity contribution in [1.82, 2.24) is 15.0 Å². The molecule has 0 saturated heterocycles. The monoisotopic (exact) mass is 369 g/mol. The van der Waals surface area contributed by atoms with Crippen molar-refractivity contribution in [3.8, 4) is 17.1 Å². The zero-order chi connectivity index (χ0) is 19.2. The highest BCUT2D eigenvalue weighted by Crippen LogP contribution is 2.21. The van der Waals surface area contributed by atoms with Gasteiger partial charge in [-0.2, -0.15) is 4.98 Å². The molecule has 0 saturated carbocycles. The highest BCUT2D eigenvalue weighted by molar-refractivity contribution is 5.76. The van der Waals surface area contributed by atoms with Crippen molar-refractivity contribution in [3.05, 3.63) is 65.8 Å². The molecule has 0 spiro atoms. The number of methoxy groups -OCH3 is 1. The van der Waals surface area contributed by atoms with Crippen LogP contribution in [0.15, 0.2) is 53.1 Å². The molecule has 0 N–H and O–H groups in total. The molecule has 3 rings (SSSR count). The van der Waals surface area contributed by atoms with Crippen molar-refractivity contribution >= 4 is 5.91 Å². The first-order chi connectivity index (χ1) is 13.1. The first-order valence-electron chi connectivity index (χ1n) is 8.51. The first-order valence-corrected chi connectivity index (χ1v) is 8.51. The molecule has 0 bridgehead atoms. The van der Waals surface area contributed by atoms with Gasteiger partial charge < -0.3 is 14.2 Å². The van der Waals surface area contributed by atoms with E-state index in [0.717, 1.165) is 5.56 Å². The van der Waals surface area contributed by atoms with Gasteiger partial charge in [0.05, 0.1) is 13.7 Å². The van der Waals surface area contributed by atoms with Crippen LogP contribution in [0.1, 0.15) is 17.9 Å². The second kappa shape index (κ2) is 8.44. The zero-order valence-electron chi connectivity index (χ0n) is 15.2. The Kier molecular flexibility index (Phi) is 5.80. The number of benzene rings is 2. The van der Waals surface area contributed by atoms with Crippen LogP contribution >= 0.6 is 0 Å². The molecule has 0 aliphatic carbocycles. The van der Waals surface area contributed by atoms with Crippen LogP contribution in [0.25, 0.3) is 11.4 Å². The van der Waals surface area contributed by atoms with Crippen molar-refractivity contribution in [3.63, 3.8) is 0 Å². The summed E-state index contributed by atoms with van der Waals surface area (Å²) in [7, 11) is 3.24. The summed E-state index contributed by atoms with van der Waals surface area (Å²) in [5.41, 5.74) is 1.29. The van der Waals surface area contributed by atoms with Gasteiger partial charge >= 0.3 is 0 Å². The standard InChI is InChI=1S/C20H20FN3O3/c1-24(19(25)11-10-14-6-3-4-9-17(14)21)13-18-22-20(23-27-18)15-7-5-8-16(12-15)26-2/h3-9,12H,10-11,13H2,1-2H3. The van der Waals surface area contributed by atoms with Crippen molar-refractivity contribution in [2.24, 2.45) is 0 Å². The Morgan fingerprint density at radius 3 is 2.81 bits per heavy atom. The van der Waals surface area contributed by atoms with Crippen molar-refractivity contribution in [2.45, 2.75) is 19.4 Å². The van der Waals surface area contributed by atoms with Crippen LogP contribution in [-0.2, 0) is 17.8 Å². The predicted molar refractivity (Wildman–Crippen MR) is 97.5 cm³/mol. The van der Waals surface area contributed by atoms with Crippen LogP contribution < -0.4 is 4.74 Å². The Morgan fingerprint density at radius 1 is 1.22 bits per heavy atom. The van der Waals surface area contributed by atoms with Crippen molar-refractivity contribution in [1.29, 1.82) is 0 Å². The number of hydrogen-bond acceptors (Lipinski definition) is 5. The van der Waals surface area contributed by atoms with Crippen LogP contribution in [0.5, 0.6) is 5.75 Å². The van der Waals surface area contributed by atoms with E-state index in [9.17, 15) is 9.18 Å². The van der Waals surface area contributed by atoms with E-state index in [2.05, 4.69) is 10.1 Å². The summed E-state index contributed by atoms with van der Waals surface area (Å²) in [5.74, 6) is 1.03. The molecule has 6 nitrogen and oxygen atoms in total. The molecule has 27 heavy (non-hydrogen) atoms. The quantitative estimate of drug-likeness (QED) is 0.638. The lowest BCUT2D eigenvalue weighted by Gasteiger charge is -2.14. The summed E-state index contributed by atoms with van der Waals surface area (Å²) in [6, 6.07) is 13.8. The number of aryl methyl sites for hydroxylation is 1. The molecule has 3 aromatic rings. The molecule has 0 fully saturated rings. The minimum Gasteiger partial charge on any atom is -0.497 e. The van der Waals surface area contributed by atoms with Gasteiger partial charge in [-0.05, 0) is 30.2 Å². The molecule has 0 aliphatic heterocycles. The number of aromatic nitrogens is 2. The molecule has 0 radical (unpaired) electrons. The van der Waals surface area contributed by atoms with Gasteiger partial charge in [0.15, 0.2) is 0 Å². The number of carbonyl (C=O) groups is 1. The SMILES string of the molecule is COc1cccc(-c2noc(CN(C)C(=O)CCc3ccccc3F)n2)c1. The van der Waals surface area contributed by atoms with E-state index in [1.54, 1.807) is 38.4 Å². The lowest BCUT2D eigenvalue weighted by Crippen LogP contribution is -2.26. The minimum absolute atomic E-state index is 0.126. The summed E-state index contributed by atoms with van der Waals surface area (Å²) >= 11 is 0. The highest BCUT2D eigenvalue weighted by atomic mass is 19.1. The van der Waals surface area contributed by atoms with Gasteiger partial charge in [0.2, 0.25) is 17.6 Å². The summed E-state index contributed by atoms with van der Waals surface area (Å²) in [6.07, 6.45) is 0.545. The second-order valence-corrected chi connectivity index (χ2v) is 6.08. The Morgan fingerprint density at radius 2 is 2.04 bits per heavy atom. The predicted octanol–water partition coefficient (Wildman–Crippen LogP) is 3.48. The van der Waals surface area contributed by atoms with Gasteiger partial charge in [-0.1, -0.05) is 35.5 Å². The summed E-state index contributed by atoms with van der Waals surface area (Å²) in [6.45, 7) is 0.188. The first kappa shape index (κ1) is 18.6. The number of rotatable bonds is 7. The van der Waals surface area contributed by atoms with Gasteiger partial charge in [0, 0.05) is 19.0 Å². The molecule has 1 heterocycles. The van der Waals surface area contributed by atoms with Gasteiger partial charge in [-0.3, -0.25) is 4.79 Å². The summed E-state index contributed by atoms with van der Waals surface area (Å²) in [4.78, 5) is 18.1. The number of amides is 1. The smallest absolute Gasteiger partial charge is 0.246 e.